The summed E-state index contributed by atoms with van der Waals surface area (Å²) >= 11 is 0. The fraction of sp³-hybridized carbons (Fsp3) is 0.300. The Morgan fingerprint density at radius 2 is 1.94 bits per heavy atom. The van der Waals surface area contributed by atoms with E-state index in [0.29, 0.717) is 5.56 Å². The molecule has 3 aromatic rings. The molecule has 1 saturated heterocycles. The lowest BCUT2D eigenvalue weighted by Crippen LogP contribution is -2.33. The first-order valence-corrected chi connectivity index (χ1v) is 9.28. The molecule has 0 aliphatic carbocycles. The van der Waals surface area contributed by atoms with Gasteiger partial charge in [-0.2, -0.15) is 13.2 Å². The molecule has 7 nitrogen and oxygen atoms in total. The number of fused-ring (bicyclic) bond motifs is 1. The molecular formula is C20H16F4N4O3. The maximum Gasteiger partial charge on any atom is 0.416 e. The van der Waals surface area contributed by atoms with Crippen LogP contribution in [0.2, 0.25) is 0 Å². The third-order valence-electron chi connectivity index (χ3n) is 5.34. The number of aromatic amines is 2. The largest absolute Gasteiger partial charge is 0.416 e. The highest BCUT2D eigenvalue weighted by atomic mass is 19.4. The van der Waals surface area contributed by atoms with E-state index in [4.69, 9.17) is 0 Å². The molecule has 1 aromatic carbocycles. The Kier molecular flexibility index (Phi) is 4.71. The van der Waals surface area contributed by atoms with Gasteiger partial charge in [-0.1, -0.05) is 12.1 Å². The molecule has 0 saturated carbocycles. The molecule has 162 valence electrons. The second kappa shape index (κ2) is 7.03. The summed E-state index contributed by atoms with van der Waals surface area (Å²) in [6.07, 6.45) is -4.79. The number of benzene rings is 1. The molecule has 2 N–H and O–H groups in total. The van der Waals surface area contributed by atoms with Gasteiger partial charge in [0.05, 0.1) is 17.5 Å². The van der Waals surface area contributed by atoms with Crippen LogP contribution in [0.4, 0.5) is 17.6 Å². The first-order chi connectivity index (χ1) is 14.5. The van der Waals surface area contributed by atoms with Gasteiger partial charge < -0.3 is 4.90 Å². The molecule has 4 rings (SSSR count). The number of amides is 1. The fourth-order valence-electron chi connectivity index (χ4n) is 3.78. The molecule has 1 unspecified atom stereocenters. The number of aryl methyl sites for hydroxylation is 1. The van der Waals surface area contributed by atoms with Crippen LogP contribution in [-0.2, 0) is 11.8 Å². The smallest absolute Gasteiger partial charge is 0.334 e. The highest BCUT2D eigenvalue weighted by Crippen LogP contribution is 2.39. The van der Waals surface area contributed by atoms with Crippen LogP contribution in [-0.4, -0.2) is 38.8 Å². The Hall–Kier alpha value is -3.50. The predicted molar refractivity (Wildman–Crippen MR) is 102 cm³/mol. The van der Waals surface area contributed by atoms with E-state index in [1.54, 1.807) is 6.92 Å². The number of hydrogen-bond acceptors (Lipinski definition) is 4. The number of carbonyl (C=O) groups excluding carboxylic acids is 1. The number of halogens is 4. The van der Waals surface area contributed by atoms with Gasteiger partial charge in [-0.15, -0.1) is 0 Å². The Balaban J connectivity index is 1.65. The van der Waals surface area contributed by atoms with Crippen molar-refractivity contribution in [2.75, 3.05) is 13.1 Å². The number of pyridine rings is 1. The van der Waals surface area contributed by atoms with Crippen molar-refractivity contribution in [3.8, 4) is 0 Å². The summed E-state index contributed by atoms with van der Waals surface area (Å²) in [4.78, 5) is 46.0. The van der Waals surface area contributed by atoms with Gasteiger partial charge >= 0.3 is 11.9 Å². The summed E-state index contributed by atoms with van der Waals surface area (Å²) < 4.78 is 54.5. The number of hydrogen-bond donors (Lipinski definition) is 2. The van der Waals surface area contributed by atoms with Crippen LogP contribution in [0.1, 0.15) is 33.6 Å². The molecule has 0 bridgehead atoms. The van der Waals surface area contributed by atoms with Gasteiger partial charge in [0.1, 0.15) is 11.3 Å². The lowest BCUT2D eigenvalue weighted by molar-refractivity contribution is -0.137. The number of nitrogens with zero attached hydrogens (tertiary/aromatic N) is 2. The minimum atomic E-state index is -4.61. The SMILES string of the molecule is Cc1cc(C(=O)N2CCC(F)(c3cccc(C(F)(F)F)c3)C2)nc2[nH]c(=O)[nH]c(=O)c12. The summed E-state index contributed by atoms with van der Waals surface area (Å²) in [6, 6.07) is 5.35. The second-order valence-electron chi connectivity index (χ2n) is 7.48. The molecule has 1 fully saturated rings. The maximum atomic E-state index is 15.5. The minimum absolute atomic E-state index is 0.0315. The van der Waals surface area contributed by atoms with Crippen molar-refractivity contribution in [3.05, 3.63) is 73.6 Å². The summed E-state index contributed by atoms with van der Waals surface area (Å²) in [6.45, 7) is 1.08. The van der Waals surface area contributed by atoms with E-state index in [0.717, 1.165) is 23.1 Å². The number of likely N-dealkylation sites (tertiary alicyclic amines) is 1. The van der Waals surface area contributed by atoms with Crippen molar-refractivity contribution >= 4 is 16.9 Å². The normalized spacial score (nSPS) is 19.2. The first-order valence-electron chi connectivity index (χ1n) is 9.28. The monoisotopic (exact) mass is 436 g/mol. The van der Waals surface area contributed by atoms with Gasteiger partial charge in [0.2, 0.25) is 0 Å². The molecule has 2 aromatic heterocycles. The number of alkyl halides is 4. The van der Waals surface area contributed by atoms with Crippen molar-refractivity contribution in [2.45, 2.75) is 25.2 Å². The van der Waals surface area contributed by atoms with Gasteiger partial charge in [-0.05, 0) is 36.2 Å². The number of H-pyrrole nitrogens is 2. The lowest BCUT2D eigenvalue weighted by Gasteiger charge is -2.22. The van der Waals surface area contributed by atoms with E-state index in [2.05, 4.69) is 15.0 Å². The van der Waals surface area contributed by atoms with E-state index in [9.17, 15) is 27.6 Å². The molecule has 1 aliphatic rings. The van der Waals surface area contributed by atoms with E-state index in [1.807, 2.05) is 0 Å². The van der Waals surface area contributed by atoms with Crippen LogP contribution in [0.5, 0.6) is 0 Å². The molecule has 1 atom stereocenters. The van der Waals surface area contributed by atoms with Gasteiger partial charge in [0.15, 0.2) is 5.67 Å². The third-order valence-corrected chi connectivity index (χ3v) is 5.34. The summed E-state index contributed by atoms with van der Waals surface area (Å²) in [5.74, 6) is -0.655. The molecular weight excluding hydrogens is 420 g/mol. The van der Waals surface area contributed by atoms with Crippen molar-refractivity contribution in [2.24, 2.45) is 0 Å². The topological polar surface area (TPSA) is 98.9 Å². The van der Waals surface area contributed by atoms with Crippen molar-refractivity contribution < 1.29 is 22.4 Å². The number of carbonyl (C=O) groups is 1. The van der Waals surface area contributed by atoms with Crippen LogP contribution in [0.15, 0.2) is 39.9 Å². The van der Waals surface area contributed by atoms with E-state index >= 15 is 4.39 Å². The van der Waals surface area contributed by atoms with Crippen LogP contribution in [0, 0.1) is 6.92 Å². The van der Waals surface area contributed by atoms with Gasteiger partial charge in [-0.3, -0.25) is 19.6 Å². The van der Waals surface area contributed by atoms with E-state index in [-0.39, 0.29) is 35.3 Å². The van der Waals surface area contributed by atoms with Crippen LogP contribution < -0.4 is 11.2 Å². The lowest BCUT2D eigenvalue weighted by atomic mass is 9.93. The molecule has 3 heterocycles. The molecule has 11 heteroatoms. The molecule has 31 heavy (non-hydrogen) atoms. The van der Waals surface area contributed by atoms with E-state index < -0.39 is 41.1 Å². The Morgan fingerprint density at radius 1 is 1.19 bits per heavy atom. The predicted octanol–water partition coefficient (Wildman–Crippen LogP) is 2.65. The number of aromatic nitrogens is 3. The average Bonchev–Trinajstić information content (AvgIpc) is 3.09. The summed E-state index contributed by atoms with van der Waals surface area (Å²) in [5.41, 5.74) is -4.52. The maximum absolute atomic E-state index is 15.5. The quantitative estimate of drug-likeness (QED) is 0.604. The zero-order chi connectivity index (χ0) is 22.6. The molecule has 1 aliphatic heterocycles. The second-order valence-corrected chi connectivity index (χ2v) is 7.48. The summed E-state index contributed by atoms with van der Waals surface area (Å²) in [5, 5.41) is 0.112. The van der Waals surface area contributed by atoms with Gasteiger partial charge in [0, 0.05) is 13.0 Å². The highest BCUT2D eigenvalue weighted by Gasteiger charge is 2.43. The van der Waals surface area contributed by atoms with Crippen LogP contribution >= 0.6 is 0 Å². The van der Waals surface area contributed by atoms with Gasteiger partial charge in [-0.25, -0.2) is 14.2 Å². The minimum Gasteiger partial charge on any atom is -0.334 e. The van der Waals surface area contributed by atoms with Crippen LogP contribution in [0.3, 0.4) is 0 Å². The zero-order valence-corrected chi connectivity index (χ0v) is 16.1. The van der Waals surface area contributed by atoms with E-state index in [1.165, 1.54) is 12.1 Å². The van der Waals surface area contributed by atoms with Crippen molar-refractivity contribution in [1.29, 1.82) is 0 Å². The number of rotatable bonds is 2. The Morgan fingerprint density at radius 3 is 2.65 bits per heavy atom. The highest BCUT2D eigenvalue weighted by molar-refractivity contribution is 5.95. The fourth-order valence-corrected chi connectivity index (χ4v) is 3.78. The number of nitrogens with one attached hydrogen (secondary N) is 2. The summed E-state index contributed by atoms with van der Waals surface area (Å²) in [7, 11) is 0. The molecule has 1 amide bonds. The average molecular weight is 436 g/mol. The van der Waals surface area contributed by atoms with Gasteiger partial charge in [0.25, 0.3) is 11.5 Å². The van der Waals surface area contributed by atoms with Crippen molar-refractivity contribution in [3.63, 3.8) is 0 Å². The Labute approximate surface area is 171 Å². The molecule has 0 radical (unpaired) electrons. The third kappa shape index (κ3) is 3.71. The Bertz CT molecular complexity index is 1310. The van der Waals surface area contributed by atoms with Crippen LogP contribution in [0.25, 0.3) is 11.0 Å². The van der Waals surface area contributed by atoms with Crippen molar-refractivity contribution in [1.82, 2.24) is 19.9 Å². The zero-order valence-electron chi connectivity index (χ0n) is 16.1. The molecule has 0 spiro atoms. The standard InChI is InChI=1S/C20H16F4N4O3/c1-10-7-13(25-15-14(10)16(29)27-18(31)26-15)17(30)28-6-5-19(21,9-28)11-3-2-4-12(8-11)20(22,23)24/h2-4,7-8H,5-6,9H2,1H3,(H2,25,26,27,29,31). The first kappa shape index (κ1) is 20.8.